The molecule has 0 radical (unpaired) electrons. The number of ether oxygens (including phenoxy) is 2. The SMILES string of the molecule is COc1cc(COc2cc(C)ccc2F)ccc1C(=O)O. The number of aryl methyl sites for hydroxylation is 1. The van der Waals surface area contributed by atoms with Gasteiger partial charge >= 0.3 is 5.97 Å². The number of carboxylic acid groups (broad SMARTS) is 1. The third-order valence-electron chi connectivity index (χ3n) is 2.98. The van der Waals surface area contributed by atoms with E-state index in [2.05, 4.69) is 0 Å². The van der Waals surface area contributed by atoms with Crippen molar-refractivity contribution in [2.45, 2.75) is 13.5 Å². The van der Waals surface area contributed by atoms with Crippen LogP contribution < -0.4 is 9.47 Å². The maximum absolute atomic E-state index is 13.6. The number of methoxy groups -OCH3 is 1. The van der Waals surface area contributed by atoms with Gasteiger partial charge in [0.2, 0.25) is 0 Å². The number of rotatable bonds is 5. The van der Waals surface area contributed by atoms with Gasteiger partial charge in [-0.1, -0.05) is 12.1 Å². The van der Waals surface area contributed by atoms with E-state index in [1.54, 1.807) is 24.3 Å². The summed E-state index contributed by atoms with van der Waals surface area (Å²) >= 11 is 0. The summed E-state index contributed by atoms with van der Waals surface area (Å²) in [6.07, 6.45) is 0. The summed E-state index contributed by atoms with van der Waals surface area (Å²) in [7, 11) is 1.40. The van der Waals surface area contributed by atoms with Crippen LogP contribution in [0.4, 0.5) is 4.39 Å². The maximum Gasteiger partial charge on any atom is 0.339 e. The lowest BCUT2D eigenvalue weighted by atomic mass is 10.1. The third kappa shape index (κ3) is 3.51. The van der Waals surface area contributed by atoms with Crippen LogP contribution in [0.25, 0.3) is 0 Å². The Morgan fingerprint density at radius 3 is 2.62 bits per heavy atom. The Kier molecular flexibility index (Phi) is 4.42. The molecule has 0 aliphatic heterocycles. The summed E-state index contributed by atoms with van der Waals surface area (Å²) in [5, 5.41) is 9.00. The monoisotopic (exact) mass is 290 g/mol. The first-order valence-electron chi connectivity index (χ1n) is 6.30. The van der Waals surface area contributed by atoms with Crippen LogP contribution in [0.5, 0.6) is 11.5 Å². The molecule has 1 N–H and O–H groups in total. The molecule has 0 spiro atoms. The van der Waals surface area contributed by atoms with Crippen molar-refractivity contribution in [2.75, 3.05) is 7.11 Å². The molecule has 0 heterocycles. The fourth-order valence-electron chi connectivity index (χ4n) is 1.88. The van der Waals surface area contributed by atoms with Crippen molar-refractivity contribution in [2.24, 2.45) is 0 Å². The van der Waals surface area contributed by atoms with Gasteiger partial charge in [-0.15, -0.1) is 0 Å². The molecule has 2 rings (SSSR count). The van der Waals surface area contributed by atoms with Gasteiger partial charge in [-0.25, -0.2) is 9.18 Å². The van der Waals surface area contributed by atoms with Crippen LogP contribution in [0, 0.1) is 12.7 Å². The lowest BCUT2D eigenvalue weighted by Gasteiger charge is -2.10. The molecule has 0 saturated heterocycles. The molecule has 0 aliphatic carbocycles. The number of carboxylic acids is 1. The highest BCUT2D eigenvalue weighted by molar-refractivity contribution is 5.90. The molecule has 2 aromatic rings. The number of hydrogen-bond donors (Lipinski definition) is 1. The second-order valence-electron chi connectivity index (χ2n) is 4.56. The van der Waals surface area contributed by atoms with Gasteiger partial charge in [-0.05, 0) is 42.3 Å². The van der Waals surface area contributed by atoms with Crippen LogP contribution in [-0.2, 0) is 6.61 Å². The van der Waals surface area contributed by atoms with Crippen LogP contribution in [0.2, 0.25) is 0 Å². The van der Waals surface area contributed by atoms with Gasteiger partial charge in [-0.2, -0.15) is 0 Å². The molecule has 0 aliphatic rings. The van der Waals surface area contributed by atoms with Crippen molar-refractivity contribution in [1.82, 2.24) is 0 Å². The molecule has 0 unspecified atom stereocenters. The number of aromatic carboxylic acids is 1. The van der Waals surface area contributed by atoms with Crippen molar-refractivity contribution >= 4 is 5.97 Å². The minimum atomic E-state index is -1.07. The van der Waals surface area contributed by atoms with Crippen LogP contribution in [-0.4, -0.2) is 18.2 Å². The Morgan fingerprint density at radius 2 is 1.95 bits per heavy atom. The Bertz CT molecular complexity index is 667. The fraction of sp³-hybridized carbons (Fsp3) is 0.188. The molecule has 0 aromatic heterocycles. The quantitative estimate of drug-likeness (QED) is 0.916. The van der Waals surface area contributed by atoms with E-state index in [0.717, 1.165) is 5.56 Å². The summed E-state index contributed by atoms with van der Waals surface area (Å²) in [6.45, 7) is 1.97. The van der Waals surface area contributed by atoms with Crippen molar-refractivity contribution in [3.8, 4) is 11.5 Å². The molecule has 21 heavy (non-hydrogen) atoms. The number of carbonyl (C=O) groups is 1. The minimum absolute atomic E-state index is 0.0722. The van der Waals surface area contributed by atoms with Crippen molar-refractivity contribution < 1.29 is 23.8 Å². The molecule has 4 nitrogen and oxygen atoms in total. The van der Waals surface area contributed by atoms with Crippen molar-refractivity contribution in [3.63, 3.8) is 0 Å². The molecule has 0 amide bonds. The largest absolute Gasteiger partial charge is 0.496 e. The number of halogens is 1. The standard InChI is InChI=1S/C16H15FO4/c1-10-3-6-13(17)15(7-10)21-9-11-4-5-12(16(18)19)14(8-11)20-2/h3-8H,9H2,1-2H3,(H,18,19). The molecule has 0 saturated carbocycles. The molecule has 0 bridgehead atoms. The van der Waals surface area contributed by atoms with Gasteiger partial charge in [0.1, 0.15) is 17.9 Å². The topological polar surface area (TPSA) is 55.8 Å². The van der Waals surface area contributed by atoms with E-state index in [9.17, 15) is 9.18 Å². The van der Waals surface area contributed by atoms with Crippen LogP contribution in [0.1, 0.15) is 21.5 Å². The highest BCUT2D eigenvalue weighted by Crippen LogP contribution is 2.23. The molecule has 110 valence electrons. The zero-order valence-corrected chi connectivity index (χ0v) is 11.7. The fourth-order valence-corrected chi connectivity index (χ4v) is 1.88. The molecule has 5 heteroatoms. The summed E-state index contributed by atoms with van der Waals surface area (Å²) < 4.78 is 24.0. The molecular weight excluding hydrogens is 275 g/mol. The molecule has 2 aromatic carbocycles. The zero-order chi connectivity index (χ0) is 15.4. The highest BCUT2D eigenvalue weighted by Gasteiger charge is 2.12. The van der Waals surface area contributed by atoms with E-state index >= 15 is 0 Å². The molecule has 0 atom stereocenters. The van der Waals surface area contributed by atoms with Gasteiger partial charge in [0.25, 0.3) is 0 Å². The first kappa shape index (κ1) is 14.8. The van der Waals surface area contributed by atoms with Gasteiger partial charge in [0.05, 0.1) is 7.11 Å². The summed E-state index contributed by atoms with van der Waals surface area (Å²) in [5.74, 6) is -1.09. The minimum Gasteiger partial charge on any atom is -0.496 e. The van der Waals surface area contributed by atoms with Gasteiger partial charge < -0.3 is 14.6 Å². The molecular formula is C16H15FO4. The molecule has 0 fully saturated rings. The van der Waals surface area contributed by atoms with E-state index in [1.807, 2.05) is 6.92 Å². The average molecular weight is 290 g/mol. The number of benzene rings is 2. The number of hydrogen-bond acceptors (Lipinski definition) is 3. The van der Waals surface area contributed by atoms with Crippen LogP contribution in [0.3, 0.4) is 0 Å². The summed E-state index contributed by atoms with van der Waals surface area (Å²) in [4.78, 5) is 11.0. The smallest absolute Gasteiger partial charge is 0.339 e. The average Bonchev–Trinajstić information content (AvgIpc) is 2.47. The first-order valence-corrected chi connectivity index (χ1v) is 6.30. The van der Waals surface area contributed by atoms with E-state index in [0.29, 0.717) is 5.56 Å². The highest BCUT2D eigenvalue weighted by atomic mass is 19.1. The lowest BCUT2D eigenvalue weighted by Crippen LogP contribution is -2.03. The Labute approximate surface area is 121 Å². The van der Waals surface area contributed by atoms with Crippen LogP contribution >= 0.6 is 0 Å². The third-order valence-corrected chi connectivity index (χ3v) is 2.98. The maximum atomic E-state index is 13.6. The van der Waals surface area contributed by atoms with Gasteiger partial charge in [0, 0.05) is 0 Å². The van der Waals surface area contributed by atoms with Crippen molar-refractivity contribution in [1.29, 1.82) is 0 Å². The summed E-state index contributed by atoms with van der Waals surface area (Å²) in [6, 6.07) is 9.23. The second-order valence-corrected chi connectivity index (χ2v) is 4.56. The Hall–Kier alpha value is -2.56. The zero-order valence-electron chi connectivity index (χ0n) is 11.7. The summed E-state index contributed by atoms with van der Waals surface area (Å²) in [5.41, 5.74) is 1.66. The van der Waals surface area contributed by atoms with E-state index in [-0.39, 0.29) is 23.7 Å². The predicted molar refractivity (Wildman–Crippen MR) is 75.4 cm³/mol. The normalized spacial score (nSPS) is 10.2. The van der Waals surface area contributed by atoms with Crippen LogP contribution in [0.15, 0.2) is 36.4 Å². The van der Waals surface area contributed by atoms with E-state index in [4.69, 9.17) is 14.6 Å². The van der Waals surface area contributed by atoms with Crippen molar-refractivity contribution in [3.05, 3.63) is 58.9 Å². The van der Waals surface area contributed by atoms with E-state index in [1.165, 1.54) is 19.2 Å². The Balaban J connectivity index is 2.17. The second kappa shape index (κ2) is 6.26. The first-order chi connectivity index (χ1) is 10.0. The Morgan fingerprint density at radius 1 is 1.19 bits per heavy atom. The van der Waals surface area contributed by atoms with Gasteiger partial charge in [0.15, 0.2) is 11.6 Å². The lowest BCUT2D eigenvalue weighted by molar-refractivity contribution is 0.0693. The predicted octanol–water partition coefficient (Wildman–Crippen LogP) is 3.42. The van der Waals surface area contributed by atoms with E-state index < -0.39 is 11.8 Å². The van der Waals surface area contributed by atoms with Gasteiger partial charge in [-0.3, -0.25) is 0 Å².